The lowest BCUT2D eigenvalue weighted by Crippen LogP contribution is -2.29. The maximum Gasteiger partial charge on any atom is 0.303 e. The smallest absolute Gasteiger partial charge is 0.303 e. The Kier molecular flexibility index (Phi) is 7.86. The number of ether oxygens (including phenoxy) is 1. The van der Waals surface area contributed by atoms with Crippen molar-refractivity contribution in [2.75, 3.05) is 6.61 Å². The predicted octanol–water partition coefficient (Wildman–Crippen LogP) is 3.83. The summed E-state index contributed by atoms with van der Waals surface area (Å²) in [6.07, 6.45) is 10.7. The largest absolute Gasteiger partial charge is 0.491 e. The molecule has 2 fully saturated rings. The Bertz CT molecular complexity index is 728. The van der Waals surface area contributed by atoms with Crippen molar-refractivity contribution in [1.82, 2.24) is 0 Å². The van der Waals surface area contributed by atoms with Crippen LogP contribution < -0.4 is 4.74 Å². The van der Waals surface area contributed by atoms with Gasteiger partial charge in [0, 0.05) is 24.7 Å². The molecule has 5 unspecified atom stereocenters. The van der Waals surface area contributed by atoms with E-state index < -0.39 is 12.1 Å². The number of carboxylic acid groups (broad SMARTS) is 1. The van der Waals surface area contributed by atoms with Crippen molar-refractivity contribution in [3.8, 4) is 5.75 Å². The molecule has 0 aromatic heterocycles. The van der Waals surface area contributed by atoms with Gasteiger partial charge in [0.25, 0.3) is 0 Å². The number of unbranched alkanes of at least 4 members (excludes halogenated alkanes) is 1. The predicted molar refractivity (Wildman–Crippen MR) is 108 cm³/mol. The Hall–Kier alpha value is -2.15. The van der Waals surface area contributed by atoms with E-state index in [0.29, 0.717) is 12.3 Å². The number of hydrogen-bond acceptors (Lipinski definition) is 5. The molecule has 0 amide bonds. The maximum atomic E-state index is 10.5. The fourth-order valence-electron chi connectivity index (χ4n) is 3.96. The fourth-order valence-corrected chi connectivity index (χ4v) is 3.96. The van der Waals surface area contributed by atoms with Gasteiger partial charge in [0.15, 0.2) is 0 Å². The van der Waals surface area contributed by atoms with Crippen molar-refractivity contribution in [2.45, 2.75) is 57.3 Å². The highest BCUT2D eigenvalue weighted by atomic mass is 17.2. The third-order valence-corrected chi connectivity index (χ3v) is 5.47. The Labute approximate surface area is 171 Å². The maximum absolute atomic E-state index is 10.5. The van der Waals surface area contributed by atoms with Crippen LogP contribution in [0.4, 0.5) is 0 Å². The van der Waals surface area contributed by atoms with Crippen LogP contribution in [-0.4, -0.2) is 41.1 Å². The quantitative estimate of drug-likeness (QED) is 0.332. The van der Waals surface area contributed by atoms with Crippen molar-refractivity contribution >= 4 is 5.97 Å². The Balaban J connectivity index is 1.47. The van der Waals surface area contributed by atoms with Gasteiger partial charge < -0.3 is 14.9 Å². The molecule has 2 bridgehead atoms. The summed E-state index contributed by atoms with van der Waals surface area (Å²) >= 11 is 0. The first-order valence-corrected chi connectivity index (χ1v) is 10.3. The average Bonchev–Trinajstić information content (AvgIpc) is 3.29. The number of aryl methyl sites for hydroxylation is 1. The molecule has 0 spiro atoms. The van der Waals surface area contributed by atoms with E-state index >= 15 is 0 Å². The van der Waals surface area contributed by atoms with E-state index in [4.69, 9.17) is 19.6 Å². The molecule has 3 rings (SSSR count). The molecule has 6 nitrogen and oxygen atoms in total. The van der Waals surface area contributed by atoms with Crippen LogP contribution in [0.3, 0.4) is 0 Å². The van der Waals surface area contributed by atoms with Gasteiger partial charge in [0.2, 0.25) is 0 Å². The lowest BCUT2D eigenvalue weighted by Gasteiger charge is -2.27. The first-order chi connectivity index (χ1) is 14.0. The van der Waals surface area contributed by atoms with E-state index in [0.717, 1.165) is 30.6 Å². The zero-order valence-corrected chi connectivity index (χ0v) is 16.8. The number of rotatable bonds is 11. The number of hydrogen-bond donors (Lipinski definition) is 2. The average molecular weight is 402 g/mol. The lowest BCUT2D eigenvalue weighted by molar-refractivity contribution is -0.336. The van der Waals surface area contributed by atoms with Crippen LogP contribution in [-0.2, 0) is 14.6 Å². The molecule has 5 atom stereocenters. The van der Waals surface area contributed by atoms with E-state index in [1.807, 2.05) is 43.3 Å². The van der Waals surface area contributed by atoms with Gasteiger partial charge in [-0.05, 0) is 43.9 Å². The minimum Gasteiger partial charge on any atom is -0.491 e. The minimum atomic E-state index is -0.757. The monoisotopic (exact) mass is 402 g/mol. The first-order valence-electron chi connectivity index (χ1n) is 10.3. The molecule has 1 saturated heterocycles. The minimum absolute atomic E-state index is 0.0200. The highest BCUT2D eigenvalue weighted by Gasteiger charge is 2.49. The standard InChI is InChI=1S/C23H30O6/c1-16-7-6-8-18(13-16)27-15-17(24)11-12-20-19(21-14-22(20)29-28-21)9-4-2-3-5-10-23(25)26/h2,4,6-8,11-13,17,19-22,24H,3,5,9-10,14-15H2,1H3,(H,25,26)/b4-2+,12-11+. The number of allylic oxidation sites excluding steroid dienone is 2. The summed E-state index contributed by atoms with van der Waals surface area (Å²) in [4.78, 5) is 21.3. The molecule has 2 aliphatic rings. The van der Waals surface area contributed by atoms with E-state index in [-0.39, 0.29) is 31.2 Å². The van der Waals surface area contributed by atoms with Crippen molar-refractivity contribution in [2.24, 2.45) is 11.8 Å². The zero-order chi connectivity index (χ0) is 20.6. The van der Waals surface area contributed by atoms with Crippen LogP contribution in [0.5, 0.6) is 5.75 Å². The van der Waals surface area contributed by atoms with Crippen molar-refractivity contribution in [1.29, 1.82) is 0 Å². The van der Waals surface area contributed by atoms with Gasteiger partial charge in [-0.15, -0.1) is 0 Å². The van der Waals surface area contributed by atoms with Crippen molar-refractivity contribution in [3.63, 3.8) is 0 Å². The van der Waals surface area contributed by atoms with Gasteiger partial charge >= 0.3 is 5.97 Å². The summed E-state index contributed by atoms with van der Waals surface area (Å²) < 4.78 is 5.66. The normalized spacial score (nSPS) is 27.1. The SMILES string of the molecule is Cc1cccc(OCC(O)/C=C/C2C3CC(OO3)C2C/C=C/CCCC(=O)O)c1. The van der Waals surface area contributed by atoms with E-state index in [1.165, 1.54) is 0 Å². The van der Waals surface area contributed by atoms with Crippen LogP contribution in [0, 0.1) is 18.8 Å². The van der Waals surface area contributed by atoms with E-state index in [2.05, 4.69) is 6.08 Å². The Morgan fingerprint density at radius 2 is 2.14 bits per heavy atom. The van der Waals surface area contributed by atoms with E-state index in [1.54, 1.807) is 6.08 Å². The van der Waals surface area contributed by atoms with Gasteiger partial charge in [-0.3, -0.25) is 4.79 Å². The second-order valence-electron chi connectivity index (χ2n) is 7.82. The van der Waals surface area contributed by atoms with E-state index in [9.17, 15) is 9.90 Å². The number of carboxylic acids is 1. The Morgan fingerprint density at radius 1 is 1.31 bits per heavy atom. The fraction of sp³-hybridized carbons (Fsp3) is 0.522. The molecule has 158 valence electrons. The van der Waals surface area contributed by atoms with Crippen LogP contribution in [0.25, 0.3) is 0 Å². The summed E-state index contributed by atoms with van der Waals surface area (Å²) in [5, 5.41) is 18.9. The molecule has 1 aliphatic carbocycles. The van der Waals surface area contributed by atoms with Crippen LogP contribution >= 0.6 is 0 Å². The molecule has 29 heavy (non-hydrogen) atoms. The van der Waals surface area contributed by atoms with Gasteiger partial charge in [-0.25, -0.2) is 9.78 Å². The molecule has 1 aromatic rings. The third kappa shape index (κ3) is 6.42. The van der Waals surface area contributed by atoms with Crippen LogP contribution in [0.1, 0.15) is 37.7 Å². The second kappa shape index (κ2) is 10.6. The number of aliphatic hydroxyl groups excluding tert-OH is 1. The molecular weight excluding hydrogens is 372 g/mol. The molecule has 2 N–H and O–H groups in total. The summed E-state index contributed by atoms with van der Waals surface area (Å²) in [5.41, 5.74) is 1.12. The number of carbonyl (C=O) groups is 1. The lowest BCUT2D eigenvalue weighted by atomic mass is 9.89. The molecule has 1 aliphatic heterocycles. The molecule has 1 saturated carbocycles. The third-order valence-electron chi connectivity index (χ3n) is 5.47. The highest BCUT2D eigenvalue weighted by molar-refractivity contribution is 5.66. The molecular formula is C23H30O6. The van der Waals surface area contributed by atoms with Gasteiger partial charge in [-0.1, -0.05) is 36.4 Å². The summed E-state index contributed by atoms with van der Waals surface area (Å²) in [7, 11) is 0. The number of benzene rings is 1. The summed E-state index contributed by atoms with van der Waals surface area (Å²) in [6, 6.07) is 7.75. The number of aliphatic carboxylic acids is 1. The molecule has 0 radical (unpaired) electrons. The Morgan fingerprint density at radius 3 is 2.93 bits per heavy atom. The van der Waals surface area contributed by atoms with Gasteiger partial charge in [0.05, 0.1) is 6.10 Å². The van der Waals surface area contributed by atoms with Gasteiger partial charge in [-0.2, -0.15) is 0 Å². The molecule has 6 heteroatoms. The number of aliphatic hydroxyl groups is 1. The number of fused-ring (bicyclic) bond motifs is 2. The summed E-state index contributed by atoms with van der Waals surface area (Å²) in [6.45, 7) is 2.20. The topological polar surface area (TPSA) is 85.2 Å². The van der Waals surface area contributed by atoms with Crippen molar-refractivity contribution in [3.05, 3.63) is 54.1 Å². The van der Waals surface area contributed by atoms with Crippen molar-refractivity contribution < 1.29 is 29.5 Å². The second-order valence-corrected chi connectivity index (χ2v) is 7.82. The first kappa shape index (κ1) is 21.6. The van der Waals surface area contributed by atoms with Crippen LogP contribution in [0.2, 0.25) is 0 Å². The summed E-state index contributed by atoms with van der Waals surface area (Å²) in [5.74, 6) is 0.476. The highest BCUT2D eigenvalue weighted by Crippen LogP contribution is 2.44. The zero-order valence-electron chi connectivity index (χ0n) is 16.8. The van der Waals surface area contributed by atoms with Crippen LogP contribution in [0.15, 0.2) is 48.6 Å². The molecule has 1 heterocycles. The molecule has 1 aromatic carbocycles. The van der Waals surface area contributed by atoms with Gasteiger partial charge in [0.1, 0.15) is 24.6 Å².